The number of rotatable bonds is 6. The van der Waals surface area contributed by atoms with Crippen LogP contribution in [0.15, 0.2) is 53.6 Å². The molecule has 11 heteroatoms. The largest absolute Gasteiger partial charge is 0.462 e. The summed E-state index contributed by atoms with van der Waals surface area (Å²) in [6.45, 7) is 13.5. The number of carbonyl (C=O) groups is 5. The number of hydrogen-bond acceptors (Lipinski definition) is 11. The molecule has 0 unspecified atom stereocenters. The lowest BCUT2D eigenvalue weighted by molar-refractivity contribution is -0.186. The van der Waals surface area contributed by atoms with Crippen molar-refractivity contribution in [1.29, 1.82) is 0 Å². The Bertz CT molecular complexity index is 1380. The van der Waals surface area contributed by atoms with Gasteiger partial charge in [0.25, 0.3) is 0 Å². The molecule has 1 aromatic rings. The van der Waals surface area contributed by atoms with E-state index in [-0.39, 0.29) is 12.8 Å². The summed E-state index contributed by atoms with van der Waals surface area (Å²) in [6.07, 6.45) is -1.96. The van der Waals surface area contributed by atoms with Gasteiger partial charge in [0.1, 0.15) is 18.3 Å². The quantitative estimate of drug-likeness (QED) is 0.262. The van der Waals surface area contributed by atoms with E-state index in [0.717, 1.165) is 0 Å². The fraction of sp³-hybridized carbons (Fsp3) is 0.571. The summed E-state index contributed by atoms with van der Waals surface area (Å²) in [5.41, 5.74) is -1.56. The van der Waals surface area contributed by atoms with Crippen molar-refractivity contribution in [2.24, 2.45) is 17.3 Å². The number of aliphatic hydroxyl groups is 1. The van der Waals surface area contributed by atoms with Gasteiger partial charge in [-0.2, -0.15) is 0 Å². The van der Waals surface area contributed by atoms with Crippen LogP contribution in [0.2, 0.25) is 0 Å². The third-order valence-corrected chi connectivity index (χ3v) is 8.86. The Morgan fingerprint density at radius 3 is 1.91 bits per heavy atom. The van der Waals surface area contributed by atoms with Crippen molar-refractivity contribution >= 4 is 29.8 Å². The van der Waals surface area contributed by atoms with Gasteiger partial charge in [-0.25, -0.2) is 4.79 Å². The summed E-state index contributed by atoms with van der Waals surface area (Å²) < 4.78 is 29.6. The molecule has 0 heterocycles. The topological polar surface area (TPSA) is 152 Å². The normalized spacial score (nSPS) is 33.2. The molecule has 0 aromatic heterocycles. The lowest BCUT2D eigenvalue weighted by atomic mass is 9.74. The van der Waals surface area contributed by atoms with Gasteiger partial charge in [0.2, 0.25) is 0 Å². The fourth-order valence-corrected chi connectivity index (χ4v) is 6.59. The van der Waals surface area contributed by atoms with Crippen molar-refractivity contribution in [2.75, 3.05) is 0 Å². The first-order chi connectivity index (χ1) is 21.4. The predicted molar refractivity (Wildman–Crippen MR) is 166 cm³/mol. The van der Waals surface area contributed by atoms with E-state index in [1.54, 1.807) is 64.1 Å². The highest BCUT2D eigenvalue weighted by molar-refractivity contribution is 5.89. The van der Waals surface area contributed by atoms with Crippen LogP contribution in [0.3, 0.4) is 0 Å². The Labute approximate surface area is 270 Å². The van der Waals surface area contributed by atoms with Gasteiger partial charge >= 0.3 is 29.8 Å². The van der Waals surface area contributed by atoms with Crippen molar-refractivity contribution in [3.63, 3.8) is 0 Å². The Balaban J connectivity index is 2.36. The van der Waals surface area contributed by atoms with E-state index < -0.39 is 83.2 Å². The third-order valence-electron chi connectivity index (χ3n) is 8.86. The molecule has 8 atom stereocenters. The average molecular weight is 643 g/mol. The smallest absolute Gasteiger partial charge is 0.338 e. The van der Waals surface area contributed by atoms with Gasteiger partial charge in [-0.1, -0.05) is 51.1 Å². The second kappa shape index (κ2) is 14.6. The van der Waals surface area contributed by atoms with Gasteiger partial charge in [0.05, 0.1) is 17.6 Å². The van der Waals surface area contributed by atoms with Crippen molar-refractivity contribution in [3.05, 3.63) is 59.2 Å². The number of carbonyl (C=O) groups excluding carboxylic acids is 5. The first kappa shape index (κ1) is 36.5. The first-order valence-electron chi connectivity index (χ1n) is 15.4. The van der Waals surface area contributed by atoms with Crippen molar-refractivity contribution in [3.8, 4) is 0 Å². The molecule has 0 amide bonds. The number of esters is 5. The van der Waals surface area contributed by atoms with E-state index in [1.165, 1.54) is 33.8 Å². The van der Waals surface area contributed by atoms with Crippen LogP contribution in [0.4, 0.5) is 0 Å². The molecule has 1 N–H and O–H groups in total. The molecule has 11 nitrogen and oxygen atoms in total. The summed E-state index contributed by atoms with van der Waals surface area (Å²) in [5.74, 6) is -4.46. The Morgan fingerprint density at radius 1 is 0.783 bits per heavy atom. The molecule has 0 bridgehead atoms. The van der Waals surface area contributed by atoms with Crippen LogP contribution < -0.4 is 0 Å². The molecule has 0 saturated heterocycles. The molecule has 3 rings (SSSR count). The molecule has 1 fully saturated rings. The number of fused-ring (bicyclic) bond motifs is 1. The molecule has 46 heavy (non-hydrogen) atoms. The zero-order valence-corrected chi connectivity index (χ0v) is 28.0. The molecule has 0 aliphatic heterocycles. The second-order valence-electron chi connectivity index (χ2n) is 13.0. The maximum Gasteiger partial charge on any atom is 0.338 e. The highest BCUT2D eigenvalue weighted by atomic mass is 16.6. The van der Waals surface area contributed by atoms with Crippen LogP contribution >= 0.6 is 0 Å². The molecule has 2 aliphatic rings. The molecule has 1 aromatic carbocycles. The number of hydrogen-bond donors (Lipinski definition) is 1. The van der Waals surface area contributed by atoms with Crippen molar-refractivity contribution < 1.29 is 52.8 Å². The molecule has 0 spiro atoms. The average Bonchev–Trinajstić information content (AvgIpc) is 3.19. The van der Waals surface area contributed by atoms with E-state index in [4.69, 9.17) is 23.7 Å². The molecular formula is C35H46O11. The summed E-state index contributed by atoms with van der Waals surface area (Å²) in [6, 6.07) is 8.42. The summed E-state index contributed by atoms with van der Waals surface area (Å²) in [7, 11) is 0. The fourth-order valence-electron chi connectivity index (χ4n) is 6.59. The van der Waals surface area contributed by atoms with Crippen LogP contribution in [0.25, 0.3) is 0 Å². The molecule has 252 valence electrons. The van der Waals surface area contributed by atoms with Crippen molar-refractivity contribution in [2.45, 2.75) is 111 Å². The Kier molecular flexibility index (Phi) is 11.6. The van der Waals surface area contributed by atoms with Crippen LogP contribution in [0.5, 0.6) is 0 Å². The monoisotopic (exact) mass is 642 g/mol. The van der Waals surface area contributed by atoms with E-state index in [9.17, 15) is 29.1 Å². The van der Waals surface area contributed by atoms with Gasteiger partial charge < -0.3 is 28.8 Å². The molecule has 1 saturated carbocycles. The maximum atomic E-state index is 13.4. The minimum absolute atomic E-state index is 0.0108. The third kappa shape index (κ3) is 8.23. The zero-order chi connectivity index (χ0) is 34.6. The van der Waals surface area contributed by atoms with Crippen LogP contribution in [0.1, 0.15) is 85.5 Å². The maximum absolute atomic E-state index is 13.4. The number of ether oxygens (including phenoxy) is 5. The molecule has 0 radical (unpaired) electrons. The summed E-state index contributed by atoms with van der Waals surface area (Å²) >= 11 is 0. The van der Waals surface area contributed by atoms with Crippen LogP contribution in [-0.4, -0.2) is 71.1 Å². The lowest BCUT2D eigenvalue weighted by Gasteiger charge is -2.43. The molecular weight excluding hydrogens is 596 g/mol. The zero-order valence-electron chi connectivity index (χ0n) is 28.0. The highest BCUT2D eigenvalue weighted by Crippen LogP contribution is 2.51. The Morgan fingerprint density at radius 2 is 1.37 bits per heavy atom. The first-order valence-corrected chi connectivity index (χ1v) is 15.4. The van der Waals surface area contributed by atoms with Crippen molar-refractivity contribution in [1.82, 2.24) is 0 Å². The van der Waals surface area contributed by atoms with Gasteiger partial charge in [0, 0.05) is 39.5 Å². The van der Waals surface area contributed by atoms with E-state index in [2.05, 4.69) is 0 Å². The Hall–Kier alpha value is -3.99. The standard InChI is InChI=1S/C35H46O11/c1-19-15-27-31(45-33(41)26-13-11-10-12-14-26)21(3)18-35(27,46-25(7)39)32(44-24(6)38)20(2)16-29(40)34(8,9)30(43-23(5)37)17-28(19)42-22(4)36/h10-16,21,27-32,40H,17-18H2,1-9H3/b19-15+,20-16+/t21-,27-,28+,29+,30+,31-,32-,35+/m0/s1. The van der Waals surface area contributed by atoms with E-state index >= 15 is 0 Å². The number of aliphatic hydroxyl groups excluding tert-OH is 1. The summed E-state index contributed by atoms with van der Waals surface area (Å²) in [4.78, 5) is 63.4. The minimum atomic E-state index is -1.60. The number of benzene rings is 1. The van der Waals surface area contributed by atoms with E-state index in [1.807, 2.05) is 6.92 Å². The van der Waals surface area contributed by atoms with Gasteiger partial charge in [-0.05, 0) is 49.5 Å². The molecule has 2 aliphatic carbocycles. The van der Waals surface area contributed by atoms with Gasteiger partial charge in [-0.15, -0.1) is 0 Å². The predicted octanol–water partition coefficient (Wildman–Crippen LogP) is 4.65. The minimum Gasteiger partial charge on any atom is -0.462 e. The van der Waals surface area contributed by atoms with Gasteiger partial charge in [0.15, 0.2) is 11.7 Å². The van der Waals surface area contributed by atoms with Crippen LogP contribution in [0, 0.1) is 17.3 Å². The SMILES string of the molecule is CC(=O)O[C@@H]1C[C@@H](OC(C)=O)C(C)(C)[C@H](O)/C=C(\C)[C@H](OC(C)=O)[C@@]2(OC(C)=O)C[C@H](C)[C@H](OC(=O)c3ccccc3)[C@@H]2/C=C/1C. The van der Waals surface area contributed by atoms with E-state index in [0.29, 0.717) is 16.7 Å². The van der Waals surface area contributed by atoms with Crippen LogP contribution in [-0.2, 0) is 42.9 Å². The van der Waals surface area contributed by atoms with Gasteiger partial charge in [-0.3, -0.25) is 19.2 Å². The summed E-state index contributed by atoms with van der Waals surface area (Å²) in [5, 5.41) is 11.6. The lowest BCUT2D eigenvalue weighted by Crippen LogP contribution is -2.54. The second-order valence-corrected chi connectivity index (χ2v) is 13.0. The highest BCUT2D eigenvalue weighted by Gasteiger charge is 2.61.